The van der Waals surface area contributed by atoms with E-state index < -0.39 is 0 Å². The third kappa shape index (κ3) is 3.50. The molecule has 2 N–H and O–H groups in total. The molecule has 0 heterocycles. The molecule has 1 rings (SSSR count). The Hall–Kier alpha value is -0.220. The molecule has 78 valence electrons. The highest BCUT2D eigenvalue weighted by Gasteiger charge is 2.04. The minimum Gasteiger partial charge on any atom is -0.300 e. The van der Waals surface area contributed by atoms with E-state index in [1.54, 1.807) is 11.8 Å². The lowest BCUT2D eigenvalue weighted by molar-refractivity contribution is 0.124. The first kappa shape index (κ1) is 11.9. The minimum absolute atomic E-state index is 0.395. The van der Waals surface area contributed by atoms with Gasteiger partial charge in [-0.1, -0.05) is 31.5 Å². The van der Waals surface area contributed by atoms with Gasteiger partial charge in [0.2, 0.25) is 0 Å². The fourth-order valence-electron chi connectivity index (χ4n) is 1.08. The van der Waals surface area contributed by atoms with Crippen LogP contribution in [-0.2, 0) is 11.4 Å². The molecule has 0 bridgehead atoms. The summed E-state index contributed by atoms with van der Waals surface area (Å²) >= 11 is 7.84. The Balaban J connectivity index is 2.79. The Bertz CT molecular complexity index is 304. The Kier molecular flexibility index (Phi) is 4.75. The third-order valence-electron chi connectivity index (χ3n) is 1.61. The Morgan fingerprint density at radius 3 is 2.71 bits per heavy atom. The van der Waals surface area contributed by atoms with Gasteiger partial charge in [-0.3, -0.25) is 4.84 Å². The molecule has 14 heavy (non-hydrogen) atoms. The molecule has 0 amide bonds. The van der Waals surface area contributed by atoms with E-state index in [1.807, 2.05) is 18.2 Å². The van der Waals surface area contributed by atoms with Crippen molar-refractivity contribution in [1.82, 2.24) is 0 Å². The molecule has 0 aliphatic carbocycles. The van der Waals surface area contributed by atoms with Crippen molar-refractivity contribution in [3.05, 3.63) is 28.8 Å². The third-order valence-corrected chi connectivity index (χ3v) is 3.12. The summed E-state index contributed by atoms with van der Waals surface area (Å²) in [7, 11) is 0. The predicted molar refractivity (Wildman–Crippen MR) is 61.4 cm³/mol. The number of rotatable bonds is 4. The van der Waals surface area contributed by atoms with Gasteiger partial charge in [0.15, 0.2) is 0 Å². The summed E-state index contributed by atoms with van der Waals surface area (Å²) in [5.74, 6) is 4.98. The van der Waals surface area contributed by atoms with Gasteiger partial charge in [0.05, 0.1) is 11.6 Å². The largest absolute Gasteiger partial charge is 0.300 e. The maximum atomic E-state index is 6.09. The summed E-state index contributed by atoms with van der Waals surface area (Å²) in [5.41, 5.74) is 0.991. The van der Waals surface area contributed by atoms with E-state index in [4.69, 9.17) is 17.5 Å². The van der Waals surface area contributed by atoms with E-state index in [9.17, 15) is 0 Å². The first-order chi connectivity index (χ1) is 6.63. The smallest absolute Gasteiger partial charge is 0.0930 e. The van der Waals surface area contributed by atoms with E-state index in [0.29, 0.717) is 11.9 Å². The van der Waals surface area contributed by atoms with Crippen LogP contribution in [0.5, 0.6) is 0 Å². The fraction of sp³-hybridized carbons (Fsp3) is 0.400. The van der Waals surface area contributed by atoms with Crippen LogP contribution < -0.4 is 5.90 Å². The second kappa shape index (κ2) is 5.61. The molecule has 0 saturated carbocycles. The van der Waals surface area contributed by atoms with Crippen LogP contribution in [0.3, 0.4) is 0 Å². The van der Waals surface area contributed by atoms with Crippen LogP contribution in [-0.4, -0.2) is 5.25 Å². The van der Waals surface area contributed by atoms with Gasteiger partial charge in [-0.15, -0.1) is 11.8 Å². The number of halogens is 1. The topological polar surface area (TPSA) is 35.2 Å². The second-order valence-corrected chi connectivity index (χ2v) is 5.27. The highest BCUT2D eigenvalue weighted by Crippen LogP contribution is 2.30. The van der Waals surface area contributed by atoms with Crippen LogP contribution in [0.25, 0.3) is 0 Å². The van der Waals surface area contributed by atoms with E-state index in [0.717, 1.165) is 15.5 Å². The maximum absolute atomic E-state index is 6.09. The normalized spacial score (nSPS) is 10.9. The van der Waals surface area contributed by atoms with Crippen LogP contribution in [0.4, 0.5) is 0 Å². The molecule has 0 spiro atoms. The van der Waals surface area contributed by atoms with Gasteiger partial charge in [-0.25, -0.2) is 5.90 Å². The average Bonchev–Trinajstić information content (AvgIpc) is 2.10. The van der Waals surface area contributed by atoms with E-state index >= 15 is 0 Å². The van der Waals surface area contributed by atoms with Crippen LogP contribution in [0, 0.1) is 0 Å². The zero-order chi connectivity index (χ0) is 10.6. The first-order valence-corrected chi connectivity index (χ1v) is 5.66. The standard InChI is InChI=1S/C10H14ClNOS/c1-7(2)14-10-4-3-8(6-13-12)5-9(10)11/h3-5,7H,6,12H2,1-2H3. The van der Waals surface area contributed by atoms with Gasteiger partial charge in [0.25, 0.3) is 0 Å². The Morgan fingerprint density at radius 1 is 1.50 bits per heavy atom. The lowest BCUT2D eigenvalue weighted by Gasteiger charge is -2.08. The predicted octanol–water partition coefficient (Wildman–Crippen LogP) is 3.23. The summed E-state index contributed by atoms with van der Waals surface area (Å²) in [5, 5.41) is 1.29. The van der Waals surface area contributed by atoms with Gasteiger partial charge >= 0.3 is 0 Å². The monoisotopic (exact) mass is 231 g/mol. The van der Waals surface area contributed by atoms with Crippen LogP contribution in [0.15, 0.2) is 23.1 Å². The van der Waals surface area contributed by atoms with Crippen molar-refractivity contribution in [2.24, 2.45) is 5.90 Å². The van der Waals surface area contributed by atoms with Gasteiger partial charge in [0, 0.05) is 10.1 Å². The maximum Gasteiger partial charge on any atom is 0.0930 e. The molecule has 0 radical (unpaired) electrons. The van der Waals surface area contributed by atoms with Crippen molar-refractivity contribution in [2.75, 3.05) is 0 Å². The molecule has 4 heteroatoms. The van der Waals surface area contributed by atoms with Crippen molar-refractivity contribution in [3.8, 4) is 0 Å². The SMILES string of the molecule is CC(C)Sc1ccc(CON)cc1Cl. The molecular formula is C10H14ClNOS. The number of nitrogens with two attached hydrogens (primary N) is 1. The van der Waals surface area contributed by atoms with Crippen molar-refractivity contribution < 1.29 is 4.84 Å². The zero-order valence-electron chi connectivity index (χ0n) is 8.29. The van der Waals surface area contributed by atoms with Crippen LogP contribution in [0.1, 0.15) is 19.4 Å². The molecule has 0 aliphatic heterocycles. The molecule has 0 unspecified atom stereocenters. The molecule has 1 aromatic carbocycles. The molecular weight excluding hydrogens is 218 g/mol. The minimum atomic E-state index is 0.395. The van der Waals surface area contributed by atoms with E-state index in [2.05, 4.69) is 18.7 Å². The van der Waals surface area contributed by atoms with Gasteiger partial charge < -0.3 is 0 Å². The molecule has 0 saturated heterocycles. The second-order valence-electron chi connectivity index (χ2n) is 3.24. The summed E-state index contributed by atoms with van der Waals surface area (Å²) in [6, 6.07) is 5.87. The first-order valence-electron chi connectivity index (χ1n) is 4.40. The Morgan fingerprint density at radius 2 is 2.21 bits per heavy atom. The van der Waals surface area contributed by atoms with E-state index in [1.165, 1.54) is 0 Å². The number of benzene rings is 1. The van der Waals surface area contributed by atoms with Gasteiger partial charge in [-0.05, 0) is 17.7 Å². The van der Waals surface area contributed by atoms with Crippen molar-refractivity contribution in [2.45, 2.75) is 30.6 Å². The fourth-order valence-corrected chi connectivity index (χ4v) is 2.24. The number of thioether (sulfide) groups is 1. The van der Waals surface area contributed by atoms with Crippen molar-refractivity contribution in [3.63, 3.8) is 0 Å². The number of hydrogen-bond acceptors (Lipinski definition) is 3. The zero-order valence-corrected chi connectivity index (χ0v) is 9.86. The lowest BCUT2D eigenvalue weighted by atomic mass is 10.2. The van der Waals surface area contributed by atoms with Gasteiger partial charge in [-0.2, -0.15) is 0 Å². The highest BCUT2D eigenvalue weighted by atomic mass is 35.5. The highest BCUT2D eigenvalue weighted by molar-refractivity contribution is 8.00. The Labute approximate surface area is 93.7 Å². The summed E-state index contributed by atoms with van der Waals surface area (Å²) < 4.78 is 0. The summed E-state index contributed by atoms with van der Waals surface area (Å²) in [6.07, 6.45) is 0. The average molecular weight is 232 g/mol. The molecule has 2 nitrogen and oxygen atoms in total. The van der Waals surface area contributed by atoms with Gasteiger partial charge in [0.1, 0.15) is 0 Å². The molecule has 0 aliphatic rings. The molecule has 0 atom stereocenters. The van der Waals surface area contributed by atoms with Crippen molar-refractivity contribution >= 4 is 23.4 Å². The quantitative estimate of drug-likeness (QED) is 0.638. The summed E-state index contributed by atoms with van der Waals surface area (Å²) in [6.45, 7) is 4.67. The van der Waals surface area contributed by atoms with E-state index in [-0.39, 0.29) is 0 Å². The molecule has 0 aromatic heterocycles. The van der Waals surface area contributed by atoms with Crippen LogP contribution in [0.2, 0.25) is 5.02 Å². The lowest BCUT2D eigenvalue weighted by Crippen LogP contribution is -1.98. The summed E-state index contributed by atoms with van der Waals surface area (Å²) in [4.78, 5) is 5.64. The van der Waals surface area contributed by atoms with Crippen LogP contribution >= 0.6 is 23.4 Å². The van der Waals surface area contributed by atoms with Crippen molar-refractivity contribution in [1.29, 1.82) is 0 Å². The molecule has 1 aromatic rings. The number of hydrogen-bond donors (Lipinski definition) is 1. The molecule has 0 fully saturated rings.